The monoisotopic (exact) mass is 402 g/mol. The zero-order chi connectivity index (χ0) is 20.7. The Bertz CT molecular complexity index is 797. The van der Waals surface area contributed by atoms with Crippen molar-refractivity contribution in [2.24, 2.45) is 0 Å². The fourth-order valence-corrected chi connectivity index (χ4v) is 3.45. The minimum absolute atomic E-state index is 0.200. The number of rotatable bonds is 10. The lowest BCUT2D eigenvalue weighted by molar-refractivity contribution is -0.137. The molecule has 0 aromatic heterocycles. The Labute approximate surface area is 173 Å². The highest BCUT2D eigenvalue weighted by Crippen LogP contribution is 2.29. The van der Waals surface area contributed by atoms with Crippen LogP contribution in [0.5, 0.6) is 0 Å². The molecule has 0 radical (unpaired) electrons. The number of anilines is 1. The molecule has 28 heavy (non-hydrogen) atoms. The predicted octanol–water partition coefficient (Wildman–Crippen LogP) is 5.78. The van der Waals surface area contributed by atoms with E-state index in [4.69, 9.17) is 16.7 Å². The van der Waals surface area contributed by atoms with Gasteiger partial charge >= 0.3 is 5.97 Å². The van der Waals surface area contributed by atoms with E-state index in [1.807, 2.05) is 13.8 Å². The first-order chi connectivity index (χ1) is 13.3. The van der Waals surface area contributed by atoms with Gasteiger partial charge in [-0.2, -0.15) is 0 Å². The van der Waals surface area contributed by atoms with E-state index in [2.05, 4.69) is 54.8 Å². The van der Waals surface area contributed by atoms with Gasteiger partial charge < -0.3 is 15.7 Å². The molecule has 0 aliphatic carbocycles. The predicted molar refractivity (Wildman–Crippen MR) is 117 cm³/mol. The molecule has 2 rings (SSSR count). The van der Waals surface area contributed by atoms with Crippen molar-refractivity contribution in [1.82, 2.24) is 5.32 Å². The molecule has 0 heterocycles. The summed E-state index contributed by atoms with van der Waals surface area (Å²) in [4.78, 5) is 10.6. The fourth-order valence-electron chi connectivity index (χ4n) is 3.34. The van der Waals surface area contributed by atoms with Gasteiger partial charge in [-0.15, -0.1) is 0 Å². The van der Waals surface area contributed by atoms with Gasteiger partial charge in [-0.1, -0.05) is 36.7 Å². The molecule has 0 amide bonds. The lowest BCUT2D eigenvalue weighted by Gasteiger charge is -2.21. The lowest BCUT2D eigenvalue weighted by Crippen LogP contribution is -2.17. The average Bonchev–Trinajstić information content (AvgIpc) is 2.65. The van der Waals surface area contributed by atoms with Gasteiger partial charge in [-0.25, -0.2) is 0 Å². The summed E-state index contributed by atoms with van der Waals surface area (Å²) in [5, 5.41) is 16.5. The molecule has 152 valence electrons. The summed E-state index contributed by atoms with van der Waals surface area (Å²) >= 11 is 6.32. The molecule has 3 N–H and O–H groups in total. The summed E-state index contributed by atoms with van der Waals surface area (Å²) in [6.07, 6.45) is 1.81. The summed E-state index contributed by atoms with van der Waals surface area (Å²) in [5.74, 6) is -0.748. The Morgan fingerprint density at radius 1 is 1.11 bits per heavy atom. The minimum atomic E-state index is -0.748. The molecular formula is C23H31ClN2O2. The molecule has 1 atom stereocenters. The number of hydrogen-bond acceptors (Lipinski definition) is 3. The van der Waals surface area contributed by atoms with Crippen LogP contribution in [0.15, 0.2) is 30.3 Å². The van der Waals surface area contributed by atoms with Crippen LogP contribution in [0.25, 0.3) is 0 Å². The van der Waals surface area contributed by atoms with Crippen molar-refractivity contribution in [2.75, 3.05) is 11.9 Å². The third-order valence-corrected chi connectivity index (χ3v) is 5.62. The first-order valence-corrected chi connectivity index (χ1v) is 10.2. The molecule has 0 fully saturated rings. The standard InChI is InChI=1S/C23H31ClN2O2/c1-5-21(18-11-16(3)23(24)17(4)12-18)26-20-9-8-15(2)19(13-20)14-25-10-6-7-22(27)28/h8-9,11-13,21,25-26H,5-7,10,14H2,1-4H3,(H,27,28)/t21-/m1/s1. The molecule has 2 aromatic rings. The topological polar surface area (TPSA) is 61.4 Å². The van der Waals surface area contributed by atoms with E-state index in [-0.39, 0.29) is 12.5 Å². The summed E-state index contributed by atoms with van der Waals surface area (Å²) < 4.78 is 0. The highest BCUT2D eigenvalue weighted by molar-refractivity contribution is 6.32. The van der Waals surface area contributed by atoms with Crippen LogP contribution in [0.4, 0.5) is 5.69 Å². The number of aliphatic carboxylic acids is 1. The maximum absolute atomic E-state index is 10.6. The van der Waals surface area contributed by atoms with Gasteiger partial charge in [0.15, 0.2) is 0 Å². The molecule has 0 bridgehead atoms. The van der Waals surface area contributed by atoms with Crippen molar-refractivity contribution in [3.63, 3.8) is 0 Å². The molecular weight excluding hydrogens is 372 g/mol. The van der Waals surface area contributed by atoms with E-state index in [0.717, 1.165) is 34.8 Å². The minimum Gasteiger partial charge on any atom is -0.481 e. The van der Waals surface area contributed by atoms with Crippen molar-refractivity contribution in [1.29, 1.82) is 0 Å². The van der Waals surface area contributed by atoms with Crippen LogP contribution in [0.2, 0.25) is 5.02 Å². The van der Waals surface area contributed by atoms with Crippen LogP contribution < -0.4 is 10.6 Å². The van der Waals surface area contributed by atoms with Crippen molar-refractivity contribution in [3.05, 3.63) is 63.2 Å². The number of aryl methyl sites for hydroxylation is 3. The van der Waals surface area contributed by atoms with Crippen molar-refractivity contribution >= 4 is 23.3 Å². The fraction of sp³-hybridized carbons (Fsp3) is 0.435. The Hall–Kier alpha value is -2.04. The summed E-state index contributed by atoms with van der Waals surface area (Å²) in [6.45, 7) is 9.80. The quantitative estimate of drug-likeness (QED) is 0.440. The van der Waals surface area contributed by atoms with Crippen LogP contribution in [-0.4, -0.2) is 17.6 Å². The van der Waals surface area contributed by atoms with Crippen LogP contribution in [0.1, 0.15) is 60.0 Å². The Morgan fingerprint density at radius 3 is 2.39 bits per heavy atom. The van der Waals surface area contributed by atoms with Crippen molar-refractivity contribution < 1.29 is 9.90 Å². The van der Waals surface area contributed by atoms with Crippen molar-refractivity contribution in [2.45, 2.75) is 59.5 Å². The van der Waals surface area contributed by atoms with E-state index in [0.29, 0.717) is 13.0 Å². The van der Waals surface area contributed by atoms with Crippen LogP contribution in [-0.2, 0) is 11.3 Å². The van der Waals surface area contributed by atoms with Crippen molar-refractivity contribution in [3.8, 4) is 0 Å². The van der Waals surface area contributed by atoms with E-state index in [1.54, 1.807) is 0 Å². The number of carboxylic acids is 1. The third kappa shape index (κ3) is 6.25. The first kappa shape index (κ1) is 22.3. The van der Waals surface area contributed by atoms with Gasteiger partial charge in [0.1, 0.15) is 0 Å². The van der Waals surface area contributed by atoms with Gasteiger partial charge in [0.2, 0.25) is 0 Å². The summed E-state index contributed by atoms with van der Waals surface area (Å²) in [7, 11) is 0. The van der Waals surface area contributed by atoms with Crippen LogP contribution in [0.3, 0.4) is 0 Å². The smallest absolute Gasteiger partial charge is 0.303 e. The van der Waals surface area contributed by atoms with Gasteiger partial charge in [0.25, 0.3) is 0 Å². The number of nitrogens with one attached hydrogen (secondary N) is 2. The largest absolute Gasteiger partial charge is 0.481 e. The van der Waals surface area contributed by atoms with Gasteiger partial charge in [0.05, 0.1) is 6.04 Å². The third-order valence-electron chi connectivity index (χ3n) is 5.02. The Morgan fingerprint density at radius 2 is 1.79 bits per heavy atom. The maximum Gasteiger partial charge on any atom is 0.303 e. The molecule has 0 aliphatic heterocycles. The van der Waals surface area contributed by atoms with Gasteiger partial charge in [0, 0.05) is 23.7 Å². The number of carboxylic acid groups (broad SMARTS) is 1. The van der Waals surface area contributed by atoms with E-state index in [9.17, 15) is 4.79 Å². The first-order valence-electron chi connectivity index (χ1n) is 9.87. The second-order valence-electron chi connectivity index (χ2n) is 7.39. The molecule has 4 nitrogen and oxygen atoms in total. The van der Waals surface area contributed by atoms with E-state index < -0.39 is 5.97 Å². The molecule has 0 spiro atoms. The van der Waals surface area contributed by atoms with E-state index in [1.165, 1.54) is 16.7 Å². The summed E-state index contributed by atoms with van der Waals surface area (Å²) in [6, 6.07) is 11.0. The highest BCUT2D eigenvalue weighted by atomic mass is 35.5. The lowest BCUT2D eigenvalue weighted by atomic mass is 9.98. The highest BCUT2D eigenvalue weighted by Gasteiger charge is 2.13. The normalized spacial score (nSPS) is 12.0. The zero-order valence-electron chi connectivity index (χ0n) is 17.2. The number of carbonyl (C=O) groups is 1. The van der Waals surface area contributed by atoms with Gasteiger partial charge in [-0.3, -0.25) is 4.79 Å². The second-order valence-corrected chi connectivity index (χ2v) is 7.77. The molecule has 0 aliphatic rings. The second kappa shape index (κ2) is 10.5. The van der Waals surface area contributed by atoms with Crippen LogP contribution >= 0.6 is 11.6 Å². The molecule has 0 saturated heterocycles. The average molecular weight is 403 g/mol. The summed E-state index contributed by atoms with van der Waals surface area (Å²) in [5.41, 5.74) is 6.99. The van der Waals surface area contributed by atoms with E-state index >= 15 is 0 Å². The molecule has 5 heteroatoms. The number of hydrogen-bond donors (Lipinski definition) is 3. The number of benzene rings is 2. The Kier molecular flexibility index (Phi) is 8.34. The Balaban J connectivity index is 2.07. The zero-order valence-corrected chi connectivity index (χ0v) is 18.0. The number of halogens is 1. The molecule has 0 unspecified atom stereocenters. The van der Waals surface area contributed by atoms with Gasteiger partial charge in [-0.05, 0) is 80.1 Å². The molecule has 0 saturated carbocycles. The maximum atomic E-state index is 10.6. The SMILES string of the molecule is CC[C@@H](Nc1ccc(C)c(CNCCCC(=O)O)c1)c1cc(C)c(Cl)c(C)c1. The van der Waals surface area contributed by atoms with Crippen LogP contribution in [0, 0.1) is 20.8 Å². The molecule has 2 aromatic carbocycles.